The van der Waals surface area contributed by atoms with Gasteiger partial charge in [-0.15, -0.1) is 0 Å². The Morgan fingerprint density at radius 1 is 0.931 bits per heavy atom. The van der Waals surface area contributed by atoms with Crippen LogP contribution >= 0.6 is 0 Å². The summed E-state index contributed by atoms with van der Waals surface area (Å²) in [5.41, 5.74) is 9.02. The fraction of sp³-hybridized carbons (Fsp3) is 0.308. The third-order valence-corrected chi connectivity index (χ3v) is 5.79. The third-order valence-electron chi connectivity index (χ3n) is 5.79. The Bertz CT molecular complexity index is 956. The van der Waals surface area contributed by atoms with Crippen LogP contribution < -0.4 is 9.64 Å². The van der Waals surface area contributed by atoms with Gasteiger partial charge in [-0.3, -0.25) is 0 Å². The smallest absolute Gasteiger partial charge is 0.119 e. The highest BCUT2D eigenvalue weighted by Gasteiger charge is 2.22. The predicted molar refractivity (Wildman–Crippen MR) is 119 cm³/mol. The van der Waals surface area contributed by atoms with Gasteiger partial charge in [0.25, 0.3) is 0 Å². The van der Waals surface area contributed by atoms with Crippen molar-refractivity contribution < 1.29 is 9.84 Å². The highest BCUT2D eigenvalue weighted by atomic mass is 16.5. The molecule has 0 aliphatic carbocycles. The van der Waals surface area contributed by atoms with Crippen LogP contribution in [0.5, 0.6) is 5.75 Å². The van der Waals surface area contributed by atoms with Gasteiger partial charge < -0.3 is 14.7 Å². The number of aryl methyl sites for hydroxylation is 3. The summed E-state index contributed by atoms with van der Waals surface area (Å²) in [6.07, 6.45) is 3.19. The maximum absolute atomic E-state index is 9.57. The van der Waals surface area contributed by atoms with Gasteiger partial charge in [-0.05, 0) is 66.1 Å². The molecule has 0 saturated carbocycles. The monoisotopic (exact) mass is 387 g/mol. The Morgan fingerprint density at radius 3 is 2.48 bits per heavy atom. The van der Waals surface area contributed by atoms with Crippen molar-refractivity contribution in [3.05, 3.63) is 94.0 Å². The van der Waals surface area contributed by atoms with Crippen molar-refractivity contribution in [3.8, 4) is 5.75 Å². The second-order valence-corrected chi connectivity index (χ2v) is 7.93. The number of ether oxygens (including phenoxy) is 1. The molecule has 29 heavy (non-hydrogen) atoms. The van der Waals surface area contributed by atoms with Crippen LogP contribution in [0.25, 0.3) is 0 Å². The van der Waals surface area contributed by atoms with E-state index in [2.05, 4.69) is 66.4 Å². The first kappa shape index (κ1) is 19.5. The number of aliphatic hydroxyl groups excluding tert-OH is 1. The van der Waals surface area contributed by atoms with Crippen molar-refractivity contribution >= 4 is 5.69 Å². The lowest BCUT2D eigenvalue weighted by atomic mass is 9.99. The highest BCUT2D eigenvalue weighted by molar-refractivity contribution is 5.64. The Balaban J connectivity index is 1.55. The fourth-order valence-electron chi connectivity index (χ4n) is 4.26. The fourth-order valence-corrected chi connectivity index (χ4v) is 4.26. The molecule has 3 nitrogen and oxygen atoms in total. The molecule has 1 N–H and O–H groups in total. The van der Waals surface area contributed by atoms with Gasteiger partial charge in [0.15, 0.2) is 0 Å². The molecule has 0 aromatic heterocycles. The summed E-state index contributed by atoms with van der Waals surface area (Å²) in [6, 6.07) is 21.6. The molecule has 0 radical (unpaired) electrons. The molecule has 0 saturated heterocycles. The van der Waals surface area contributed by atoms with Gasteiger partial charge in [0.2, 0.25) is 0 Å². The van der Waals surface area contributed by atoms with Crippen LogP contribution in [0.15, 0.2) is 60.7 Å². The molecule has 150 valence electrons. The van der Waals surface area contributed by atoms with E-state index in [4.69, 9.17) is 4.74 Å². The van der Waals surface area contributed by atoms with E-state index in [-0.39, 0.29) is 6.61 Å². The van der Waals surface area contributed by atoms with E-state index in [0.29, 0.717) is 0 Å². The van der Waals surface area contributed by atoms with Gasteiger partial charge in [-0.2, -0.15) is 0 Å². The van der Waals surface area contributed by atoms with Crippen molar-refractivity contribution in [2.75, 3.05) is 18.6 Å². The van der Waals surface area contributed by atoms with Crippen molar-refractivity contribution in [2.24, 2.45) is 0 Å². The number of hydrogen-bond acceptors (Lipinski definition) is 3. The van der Waals surface area contributed by atoms with E-state index in [1.807, 2.05) is 6.07 Å². The molecule has 4 rings (SSSR count). The second-order valence-electron chi connectivity index (χ2n) is 7.93. The molecule has 1 aliphatic heterocycles. The molecule has 0 unspecified atom stereocenters. The quantitative estimate of drug-likeness (QED) is 0.629. The summed E-state index contributed by atoms with van der Waals surface area (Å²) in [5.74, 6) is 0.804. The van der Waals surface area contributed by atoms with Crippen LogP contribution in [-0.2, 0) is 32.4 Å². The molecular formula is C26H29NO2. The van der Waals surface area contributed by atoms with Crippen LogP contribution in [-0.4, -0.2) is 18.8 Å². The first-order valence-corrected chi connectivity index (χ1v) is 10.3. The number of anilines is 1. The highest BCUT2D eigenvalue weighted by Crippen LogP contribution is 2.34. The van der Waals surface area contributed by atoms with E-state index < -0.39 is 0 Å². The summed E-state index contributed by atoms with van der Waals surface area (Å²) >= 11 is 0. The molecule has 0 fully saturated rings. The Labute approximate surface area is 173 Å². The van der Waals surface area contributed by atoms with Crippen molar-refractivity contribution in [1.82, 2.24) is 0 Å². The van der Waals surface area contributed by atoms with E-state index in [0.717, 1.165) is 43.7 Å². The lowest BCUT2D eigenvalue weighted by molar-refractivity contribution is 0.281. The normalized spacial score (nSPS) is 12.9. The van der Waals surface area contributed by atoms with Gasteiger partial charge in [-0.1, -0.05) is 54.1 Å². The number of fused-ring (bicyclic) bond motifs is 1. The van der Waals surface area contributed by atoms with E-state index in [1.165, 1.54) is 33.5 Å². The zero-order valence-electron chi connectivity index (χ0n) is 17.3. The number of hydrogen-bond donors (Lipinski definition) is 1. The zero-order chi connectivity index (χ0) is 20.2. The van der Waals surface area contributed by atoms with E-state index in [9.17, 15) is 5.11 Å². The van der Waals surface area contributed by atoms with Crippen molar-refractivity contribution in [1.29, 1.82) is 0 Å². The molecule has 0 spiro atoms. The summed E-state index contributed by atoms with van der Waals surface area (Å²) in [7, 11) is 1.68. The number of benzene rings is 3. The second kappa shape index (κ2) is 8.71. The van der Waals surface area contributed by atoms with Gasteiger partial charge in [0, 0.05) is 18.8 Å². The van der Waals surface area contributed by atoms with Crippen molar-refractivity contribution in [2.45, 2.75) is 39.3 Å². The largest absolute Gasteiger partial charge is 0.497 e. The van der Waals surface area contributed by atoms with Gasteiger partial charge in [-0.25, -0.2) is 0 Å². The molecule has 3 heteroatoms. The molecule has 0 atom stereocenters. The van der Waals surface area contributed by atoms with Crippen LogP contribution in [0.3, 0.4) is 0 Å². The summed E-state index contributed by atoms with van der Waals surface area (Å²) in [5, 5.41) is 9.57. The van der Waals surface area contributed by atoms with Gasteiger partial charge >= 0.3 is 0 Å². The predicted octanol–water partition coefficient (Wildman–Crippen LogP) is 4.84. The first-order valence-electron chi connectivity index (χ1n) is 10.3. The lowest BCUT2D eigenvalue weighted by Crippen LogP contribution is -2.21. The Kier molecular flexibility index (Phi) is 5.86. The number of aliphatic hydroxyl groups is 1. The van der Waals surface area contributed by atoms with E-state index >= 15 is 0 Å². The van der Waals surface area contributed by atoms with Crippen LogP contribution in [0.1, 0.15) is 33.4 Å². The Hall–Kier alpha value is -2.78. The molecule has 1 aliphatic rings. The molecule has 1 heterocycles. The van der Waals surface area contributed by atoms with Crippen molar-refractivity contribution in [3.63, 3.8) is 0 Å². The number of para-hydroxylation sites is 1. The summed E-state index contributed by atoms with van der Waals surface area (Å²) < 4.78 is 5.42. The maximum Gasteiger partial charge on any atom is 0.119 e. The van der Waals surface area contributed by atoms with E-state index in [1.54, 1.807) is 7.11 Å². The maximum atomic E-state index is 9.57. The van der Waals surface area contributed by atoms with Gasteiger partial charge in [0.1, 0.15) is 5.75 Å². The molecule has 0 amide bonds. The van der Waals surface area contributed by atoms with Crippen LogP contribution in [0, 0.1) is 6.92 Å². The minimum Gasteiger partial charge on any atom is -0.497 e. The standard InChI is InChI=1S/C26H29NO2/c1-19-6-8-20(9-7-19)10-11-23-4-3-5-24-12-13-27(26(23)24)17-21-14-22(18-28)16-25(15-21)29-2/h3-9,14-16,28H,10-13,17-18H2,1-2H3. The Morgan fingerprint density at radius 2 is 1.72 bits per heavy atom. The first-order chi connectivity index (χ1) is 14.2. The average Bonchev–Trinajstić information content (AvgIpc) is 3.16. The van der Waals surface area contributed by atoms with Gasteiger partial charge in [0.05, 0.1) is 13.7 Å². The zero-order valence-corrected chi connectivity index (χ0v) is 17.3. The van der Waals surface area contributed by atoms with Crippen LogP contribution in [0.4, 0.5) is 5.69 Å². The molecular weight excluding hydrogens is 358 g/mol. The summed E-state index contributed by atoms with van der Waals surface area (Å²) in [4.78, 5) is 2.48. The molecule has 3 aromatic carbocycles. The number of methoxy groups -OCH3 is 1. The lowest BCUT2D eigenvalue weighted by Gasteiger charge is -2.23. The number of nitrogens with zero attached hydrogens (tertiary/aromatic N) is 1. The average molecular weight is 388 g/mol. The topological polar surface area (TPSA) is 32.7 Å². The third kappa shape index (κ3) is 4.46. The SMILES string of the molecule is COc1cc(CO)cc(CN2CCc3cccc(CCc4ccc(C)cc4)c32)c1. The molecule has 3 aromatic rings. The minimum atomic E-state index is 0.0303. The number of rotatable bonds is 7. The summed E-state index contributed by atoms with van der Waals surface area (Å²) in [6.45, 7) is 4.02. The minimum absolute atomic E-state index is 0.0303. The van der Waals surface area contributed by atoms with Crippen LogP contribution in [0.2, 0.25) is 0 Å². The molecule has 0 bridgehead atoms.